The summed E-state index contributed by atoms with van der Waals surface area (Å²) in [6.07, 6.45) is 0.0814. The van der Waals surface area contributed by atoms with Gasteiger partial charge in [0.25, 0.3) is 0 Å². The number of rotatable bonds is 4. The molecule has 3 nitrogen and oxygen atoms in total. The molecule has 0 aliphatic heterocycles. The second-order valence-corrected chi connectivity index (χ2v) is 4.36. The molecule has 0 fully saturated rings. The van der Waals surface area contributed by atoms with E-state index in [1.807, 2.05) is 0 Å². The summed E-state index contributed by atoms with van der Waals surface area (Å²) in [6, 6.07) is 9.82. The maximum atomic E-state index is 12.9. The van der Waals surface area contributed by atoms with E-state index in [-0.39, 0.29) is 18.6 Å². The minimum atomic E-state index is -0.699. The molecule has 2 aromatic carbocycles. The summed E-state index contributed by atoms with van der Waals surface area (Å²) in [5.74, 6) is -1.87. The number of nitrogens with two attached hydrogens (primary N) is 1. The Bertz CT molecular complexity index is 592. The average Bonchev–Trinajstić information content (AvgIpc) is 2.38. The van der Waals surface area contributed by atoms with Gasteiger partial charge in [-0.2, -0.15) is 0 Å². The predicted octanol–water partition coefficient (Wildman–Crippen LogP) is 2.83. The fourth-order valence-corrected chi connectivity index (χ4v) is 1.71. The number of benzene rings is 2. The lowest BCUT2D eigenvalue weighted by molar-refractivity contribution is -0.144. The Kier molecular flexibility index (Phi) is 4.30. The smallest absolute Gasteiger partial charge is 0.310 e. The van der Waals surface area contributed by atoms with Gasteiger partial charge in [-0.3, -0.25) is 4.79 Å². The zero-order valence-electron chi connectivity index (χ0n) is 10.6. The highest BCUT2D eigenvalue weighted by molar-refractivity contribution is 5.72. The summed E-state index contributed by atoms with van der Waals surface area (Å²) in [5.41, 5.74) is 7.17. The number of nitrogen functional groups attached to an aromatic ring is 1. The van der Waals surface area contributed by atoms with Gasteiger partial charge in [0.1, 0.15) is 18.2 Å². The van der Waals surface area contributed by atoms with E-state index in [1.54, 1.807) is 24.3 Å². The first-order chi connectivity index (χ1) is 9.52. The molecule has 0 radical (unpaired) electrons. The van der Waals surface area contributed by atoms with Gasteiger partial charge in [0, 0.05) is 11.8 Å². The molecule has 2 aromatic rings. The number of carbonyl (C=O) groups is 1. The quantitative estimate of drug-likeness (QED) is 0.690. The summed E-state index contributed by atoms with van der Waals surface area (Å²) in [5, 5.41) is 0. The molecule has 5 heteroatoms. The van der Waals surface area contributed by atoms with Crippen molar-refractivity contribution in [1.82, 2.24) is 0 Å². The molecule has 0 saturated carbocycles. The van der Waals surface area contributed by atoms with Crippen molar-refractivity contribution in [3.05, 3.63) is 65.2 Å². The highest BCUT2D eigenvalue weighted by Gasteiger charge is 2.07. The lowest BCUT2D eigenvalue weighted by atomic mass is 10.1. The second kappa shape index (κ2) is 6.14. The van der Waals surface area contributed by atoms with E-state index in [0.717, 1.165) is 23.8 Å². The molecule has 20 heavy (non-hydrogen) atoms. The molecule has 0 saturated heterocycles. The fraction of sp³-hybridized carbons (Fsp3) is 0.133. The van der Waals surface area contributed by atoms with Gasteiger partial charge in [-0.05, 0) is 35.4 Å². The summed E-state index contributed by atoms with van der Waals surface area (Å²) in [7, 11) is 0. The average molecular weight is 277 g/mol. The minimum absolute atomic E-state index is 0.0814. The molecule has 0 spiro atoms. The molecule has 0 aliphatic carbocycles. The number of hydrogen-bond donors (Lipinski definition) is 1. The summed E-state index contributed by atoms with van der Waals surface area (Å²) >= 11 is 0. The molecule has 0 atom stereocenters. The van der Waals surface area contributed by atoms with Gasteiger partial charge >= 0.3 is 5.97 Å². The van der Waals surface area contributed by atoms with Crippen LogP contribution in [-0.4, -0.2) is 5.97 Å². The molecule has 2 rings (SSSR count). The lowest BCUT2D eigenvalue weighted by Crippen LogP contribution is -2.08. The van der Waals surface area contributed by atoms with Crippen molar-refractivity contribution in [2.75, 3.05) is 5.73 Å². The first-order valence-corrected chi connectivity index (χ1v) is 5.98. The molecule has 0 amide bonds. The molecule has 0 bridgehead atoms. The molecular formula is C15H13F2NO2. The van der Waals surface area contributed by atoms with Crippen molar-refractivity contribution < 1.29 is 18.3 Å². The molecule has 104 valence electrons. The van der Waals surface area contributed by atoms with E-state index in [1.165, 1.54) is 0 Å². The molecular weight excluding hydrogens is 264 g/mol. The first kappa shape index (κ1) is 14.0. The van der Waals surface area contributed by atoms with Crippen molar-refractivity contribution >= 4 is 11.7 Å². The van der Waals surface area contributed by atoms with E-state index < -0.39 is 17.6 Å². The minimum Gasteiger partial charge on any atom is -0.461 e. The van der Waals surface area contributed by atoms with Crippen molar-refractivity contribution in [2.45, 2.75) is 13.0 Å². The molecule has 0 unspecified atom stereocenters. The van der Waals surface area contributed by atoms with E-state index in [0.29, 0.717) is 5.69 Å². The number of anilines is 1. The normalized spacial score (nSPS) is 10.3. The van der Waals surface area contributed by atoms with Gasteiger partial charge in [0.05, 0.1) is 6.42 Å². The second-order valence-electron chi connectivity index (χ2n) is 4.36. The summed E-state index contributed by atoms with van der Waals surface area (Å²) in [6.45, 7) is -0.164. The van der Waals surface area contributed by atoms with Gasteiger partial charge in [0.15, 0.2) is 0 Å². The highest BCUT2D eigenvalue weighted by atomic mass is 19.1. The van der Waals surface area contributed by atoms with Crippen LogP contribution in [-0.2, 0) is 22.6 Å². The van der Waals surface area contributed by atoms with E-state index >= 15 is 0 Å². The SMILES string of the molecule is Nc1ccc(CC(=O)OCc2cc(F)cc(F)c2)cc1. The first-order valence-electron chi connectivity index (χ1n) is 5.98. The maximum Gasteiger partial charge on any atom is 0.310 e. The van der Waals surface area contributed by atoms with E-state index in [9.17, 15) is 13.6 Å². The summed E-state index contributed by atoms with van der Waals surface area (Å²) < 4.78 is 30.9. The molecule has 0 aromatic heterocycles. The monoisotopic (exact) mass is 277 g/mol. The van der Waals surface area contributed by atoms with Crippen LogP contribution in [0.5, 0.6) is 0 Å². The van der Waals surface area contributed by atoms with Crippen LogP contribution in [0.2, 0.25) is 0 Å². The number of ether oxygens (including phenoxy) is 1. The zero-order chi connectivity index (χ0) is 14.5. The standard InChI is InChI=1S/C15H13F2NO2/c16-12-5-11(6-13(17)8-12)9-20-15(19)7-10-1-3-14(18)4-2-10/h1-6,8H,7,9,18H2. The lowest BCUT2D eigenvalue weighted by Gasteiger charge is -2.06. The largest absolute Gasteiger partial charge is 0.461 e. The van der Waals surface area contributed by atoms with Crippen LogP contribution >= 0.6 is 0 Å². The topological polar surface area (TPSA) is 52.3 Å². The van der Waals surface area contributed by atoms with Crippen molar-refractivity contribution in [1.29, 1.82) is 0 Å². The molecule has 2 N–H and O–H groups in total. The van der Waals surface area contributed by atoms with Crippen LogP contribution in [0, 0.1) is 11.6 Å². The Morgan fingerprint density at radius 1 is 1.00 bits per heavy atom. The Labute approximate surface area is 115 Å². The third-order valence-corrected chi connectivity index (χ3v) is 2.65. The van der Waals surface area contributed by atoms with Gasteiger partial charge in [-0.15, -0.1) is 0 Å². The van der Waals surface area contributed by atoms with Crippen LogP contribution in [0.15, 0.2) is 42.5 Å². The Morgan fingerprint density at radius 2 is 1.60 bits per heavy atom. The molecule has 0 heterocycles. The van der Waals surface area contributed by atoms with Gasteiger partial charge < -0.3 is 10.5 Å². The summed E-state index contributed by atoms with van der Waals surface area (Å²) in [4.78, 5) is 11.6. The Morgan fingerprint density at radius 3 is 2.20 bits per heavy atom. The Hall–Kier alpha value is -2.43. The highest BCUT2D eigenvalue weighted by Crippen LogP contribution is 2.11. The predicted molar refractivity (Wildman–Crippen MR) is 70.7 cm³/mol. The van der Waals surface area contributed by atoms with Crippen molar-refractivity contribution in [2.24, 2.45) is 0 Å². The Balaban J connectivity index is 1.90. The zero-order valence-corrected chi connectivity index (χ0v) is 10.6. The van der Waals surface area contributed by atoms with Crippen molar-refractivity contribution in [3.8, 4) is 0 Å². The maximum absolute atomic E-state index is 12.9. The van der Waals surface area contributed by atoms with Crippen LogP contribution in [0.3, 0.4) is 0 Å². The third kappa shape index (κ3) is 4.05. The van der Waals surface area contributed by atoms with Gasteiger partial charge in [-0.25, -0.2) is 8.78 Å². The number of esters is 1. The van der Waals surface area contributed by atoms with Crippen LogP contribution in [0.1, 0.15) is 11.1 Å². The fourth-order valence-electron chi connectivity index (χ4n) is 1.71. The number of halogens is 2. The van der Waals surface area contributed by atoms with E-state index in [2.05, 4.69) is 0 Å². The molecule has 0 aliphatic rings. The van der Waals surface area contributed by atoms with Crippen LogP contribution < -0.4 is 5.73 Å². The van der Waals surface area contributed by atoms with Crippen LogP contribution in [0.4, 0.5) is 14.5 Å². The van der Waals surface area contributed by atoms with Gasteiger partial charge in [0.2, 0.25) is 0 Å². The van der Waals surface area contributed by atoms with Crippen molar-refractivity contribution in [3.63, 3.8) is 0 Å². The van der Waals surface area contributed by atoms with E-state index in [4.69, 9.17) is 10.5 Å². The number of carbonyl (C=O) groups excluding carboxylic acids is 1. The number of hydrogen-bond acceptors (Lipinski definition) is 3. The third-order valence-electron chi connectivity index (χ3n) is 2.65. The van der Waals surface area contributed by atoms with Gasteiger partial charge in [-0.1, -0.05) is 12.1 Å². The van der Waals surface area contributed by atoms with Crippen LogP contribution in [0.25, 0.3) is 0 Å².